The second-order valence-corrected chi connectivity index (χ2v) is 17.0. The van der Waals surface area contributed by atoms with Crippen LogP contribution in [0.1, 0.15) is 57.1 Å². The van der Waals surface area contributed by atoms with Crippen molar-refractivity contribution in [3.05, 3.63) is 107 Å². The van der Waals surface area contributed by atoms with Crippen LogP contribution in [0.2, 0.25) is 0 Å². The van der Waals surface area contributed by atoms with Crippen LogP contribution in [0.3, 0.4) is 0 Å². The van der Waals surface area contributed by atoms with Gasteiger partial charge < -0.3 is 15.7 Å². The number of nitrogens with one attached hydrogen (secondary N) is 3. The summed E-state index contributed by atoms with van der Waals surface area (Å²) in [5.41, 5.74) is 4.92. The summed E-state index contributed by atoms with van der Waals surface area (Å²) in [5.74, 6) is -2.98. The van der Waals surface area contributed by atoms with E-state index in [-0.39, 0.29) is 59.1 Å². The molecule has 4 atom stereocenters. The molecule has 4 aromatic carbocycles. The van der Waals surface area contributed by atoms with Crippen molar-refractivity contribution in [1.82, 2.24) is 14.5 Å². The molecule has 0 radical (unpaired) electrons. The smallest absolute Gasteiger partial charge is 0.263 e. The Labute approximate surface area is 321 Å². The van der Waals surface area contributed by atoms with Crippen LogP contribution in [0.15, 0.2) is 94.7 Å². The standard InChI is InChI=1S/C40H37N5O8S2/c1-22-8-11-26(12-9-22)55(52,53)44-17-16-27-31(20-46)42-30-13-10-24(19-29(30)37(27)44)23-4-2-5-25(18-23)41-35(48)21-54-33-7-3-6-28-36(33)40(51)45(39(28)50)32-14-15-34(47)43-38(32)49/h2-13,18-19,27,31-32,37,42,46H,14-17,20-21H2,1H3,(H,41,48)(H,43,47,49)/t27-,31+,32?,37-/m1/s1. The first-order valence-electron chi connectivity index (χ1n) is 17.9. The Kier molecular flexibility index (Phi) is 9.57. The number of hydrogen-bond acceptors (Lipinski definition) is 10. The van der Waals surface area contributed by atoms with Crippen molar-refractivity contribution in [3.63, 3.8) is 0 Å². The molecule has 0 bridgehead atoms. The van der Waals surface area contributed by atoms with Crippen molar-refractivity contribution in [2.24, 2.45) is 5.92 Å². The minimum Gasteiger partial charge on any atom is -0.394 e. The number of carbonyl (C=O) groups excluding carboxylic acids is 5. The minimum atomic E-state index is -3.84. The summed E-state index contributed by atoms with van der Waals surface area (Å²) in [6, 6.07) is 22.8. The molecule has 55 heavy (non-hydrogen) atoms. The summed E-state index contributed by atoms with van der Waals surface area (Å²) < 4.78 is 29.5. The lowest BCUT2D eigenvalue weighted by Crippen LogP contribution is -2.54. The second kappa shape index (κ2) is 14.4. The SMILES string of the molecule is Cc1ccc(S(=O)(=O)N2CC[C@@H]3[C@H](CO)Nc4ccc(-c5cccc(NC(=O)CSc6cccc7c6C(=O)N(C6CCC(=O)NC6=O)C7=O)c5)cc4[C@@H]32)cc1. The molecule has 1 unspecified atom stereocenters. The van der Waals surface area contributed by atoms with Crippen LogP contribution in [-0.2, 0) is 24.4 Å². The Morgan fingerprint density at radius 3 is 2.45 bits per heavy atom. The zero-order valence-corrected chi connectivity index (χ0v) is 31.3. The van der Waals surface area contributed by atoms with Gasteiger partial charge in [0.2, 0.25) is 27.7 Å². The van der Waals surface area contributed by atoms with E-state index in [0.717, 1.165) is 44.6 Å². The molecular formula is C40H37N5O8S2. The number of aliphatic hydroxyl groups excluding tert-OH is 1. The number of thioether (sulfide) groups is 1. The molecule has 4 aromatic rings. The van der Waals surface area contributed by atoms with E-state index >= 15 is 0 Å². The number of hydrogen-bond donors (Lipinski definition) is 4. The average Bonchev–Trinajstić information content (AvgIpc) is 3.74. The number of aliphatic hydroxyl groups is 1. The topological polar surface area (TPSA) is 182 Å². The molecule has 4 aliphatic rings. The van der Waals surface area contributed by atoms with Gasteiger partial charge in [-0.15, -0.1) is 11.8 Å². The number of fused-ring (bicyclic) bond motifs is 4. The lowest BCUT2D eigenvalue weighted by Gasteiger charge is -2.39. The van der Waals surface area contributed by atoms with E-state index in [1.807, 2.05) is 43.3 Å². The Hall–Kier alpha value is -5.35. The molecular weight excluding hydrogens is 743 g/mol. The van der Waals surface area contributed by atoms with Crippen molar-refractivity contribution in [3.8, 4) is 11.1 Å². The third kappa shape index (κ3) is 6.60. The monoisotopic (exact) mass is 779 g/mol. The van der Waals surface area contributed by atoms with Gasteiger partial charge in [0.1, 0.15) is 6.04 Å². The normalized spacial score (nSPS) is 22.1. The molecule has 13 nitrogen and oxygen atoms in total. The van der Waals surface area contributed by atoms with E-state index in [1.165, 1.54) is 6.07 Å². The van der Waals surface area contributed by atoms with Crippen LogP contribution in [0.4, 0.5) is 11.4 Å². The molecule has 0 aliphatic carbocycles. The predicted molar refractivity (Wildman–Crippen MR) is 205 cm³/mol. The first-order chi connectivity index (χ1) is 26.4. The van der Waals surface area contributed by atoms with Gasteiger partial charge in [0.15, 0.2) is 0 Å². The fourth-order valence-corrected chi connectivity index (χ4v) is 10.6. The molecule has 0 saturated carbocycles. The number of imide groups is 2. The molecule has 15 heteroatoms. The van der Waals surface area contributed by atoms with E-state index < -0.39 is 45.7 Å². The van der Waals surface area contributed by atoms with Crippen molar-refractivity contribution in [1.29, 1.82) is 0 Å². The minimum absolute atomic E-state index is 0.0139. The predicted octanol–water partition coefficient (Wildman–Crippen LogP) is 4.33. The zero-order chi connectivity index (χ0) is 38.6. The van der Waals surface area contributed by atoms with Crippen LogP contribution >= 0.6 is 11.8 Å². The highest BCUT2D eigenvalue weighted by atomic mass is 32.2. The fourth-order valence-electron chi connectivity index (χ4n) is 8.04. The molecule has 4 N–H and O–H groups in total. The van der Waals surface area contributed by atoms with Gasteiger partial charge in [-0.2, -0.15) is 4.31 Å². The molecule has 0 aromatic heterocycles. The number of sulfonamides is 1. The Bertz CT molecular complexity index is 2380. The van der Waals surface area contributed by atoms with Gasteiger partial charge in [0.05, 0.1) is 40.5 Å². The van der Waals surface area contributed by atoms with Crippen LogP contribution in [0.25, 0.3) is 11.1 Å². The first-order valence-corrected chi connectivity index (χ1v) is 20.3. The van der Waals surface area contributed by atoms with E-state index in [0.29, 0.717) is 23.5 Å². The van der Waals surface area contributed by atoms with Crippen molar-refractivity contribution in [2.75, 3.05) is 29.5 Å². The maximum atomic E-state index is 14.0. The molecule has 5 amide bonds. The molecule has 282 valence electrons. The fraction of sp³-hybridized carbons (Fsp3) is 0.275. The number of benzene rings is 4. The van der Waals surface area contributed by atoms with Gasteiger partial charge in [0.25, 0.3) is 11.8 Å². The van der Waals surface area contributed by atoms with Crippen LogP contribution in [0.5, 0.6) is 0 Å². The summed E-state index contributed by atoms with van der Waals surface area (Å²) in [5, 5.41) is 18.8. The highest BCUT2D eigenvalue weighted by molar-refractivity contribution is 8.00. The number of carbonyl (C=O) groups is 5. The number of rotatable bonds is 9. The summed E-state index contributed by atoms with van der Waals surface area (Å²) >= 11 is 1.09. The number of aryl methyl sites for hydroxylation is 1. The third-order valence-electron chi connectivity index (χ3n) is 10.7. The second-order valence-electron chi connectivity index (χ2n) is 14.1. The Morgan fingerprint density at radius 2 is 1.69 bits per heavy atom. The van der Waals surface area contributed by atoms with Gasteiger partial charge in [-0.25, -0.2) is 8.42 Å². The van der Waals surface area contributed by atoms with E-state index in [1.54, 1.807) is 46.8 Å². The highest BCUT2D eigenvalue weighted by Gasteiger charge is 2.49. The molecule has 4 aliphatic heterocycles. The number of piperidine rings is 1. The zero-order valence-electron chi connectivity index (χ0n) is 29.7. The van der Waals surface area contributed by atoms with Crippen molar-refractivity contribution in [2.45, 2.75) is 54.1 Å². The molecule has 8 rings (SSSR count). The van der Waals surface area contributed by atoms with Gasteiger partial charge >= 0.3 is 0 Å². The van der Waals surface area contributed by atoms with Crippen molar-refractivity contribution < 1.29 is 37.5 Å². The molecule has 2 fully saturated rings. The van der Waals surface area contributed by atoms with E-state index in [4.69, 9.17) is 0 Å². The number of amides is 5. The molecule has 4 heterocycles. The number of nitrogens with zero attached hydrogens (tertiary/aromatic N) is 2. The van der Waals surface area contributed by atoms with Gasteiger partial charge in [0, 0.05) is 35.2 Å². The largest absolute Gasteiger partial charge is 0.394 e. The lowest BCUT2D eigenvalue weighted by atomic mass is 9.82. The van der Waals surface area contributed by atoms with E-state index in [2.05, 4.69) is 16.0 Å². The van der Waals surface area contributed by atoms with Crippen LogP contribution < -0.4 is 16.0 Å². The quantitative estimate of drug-likeness (QED) is 0.141. The summed E-state index contributed by atoms with van der Waals surface area (Å²) in [6.07, 6.45) is 0.646. The van der Waals surface area contributed by atoms with E-state index in [9.17, 15) is 37.5 Å². The maximum absolute atomic E-state index is 14.0. The summed E-state index contributed by atoms with van der Waals surface area (Å²) in [7, 11) is -3.84. The molecule has 0 spiro atoms. The highest BCUT2D eigenvalue weighted by Crippen LogP contribution is 2.49. The Morgan fingerprint density at radius 1 is 0.927 bits per heavy atom. The summed E-state index contributed by atoms with van der Waals surface area (Å²) in [4.78, 5) is 65.6. The van der Waals surface area contributed by atoms with Gasteiger partial charge in [-0.3, -0.25) is 34.2 Å². The summed E-state index contributed by atoms with van der Waals surface area (Å²) in [6.45, 7) is 2.09. The van der Waals surface area contributed by atoms with Gasteiger partial charge in [-0.05, 0) is 85.0 Å². The Balaban J connectivity index is 0.993. The third-order valence-corrected chi connectivity index (χ3v) is 13.7. The molecule has 2 saturated heterocycles. The first kappa shape index (κ1) is 36.6. The average molecular weight is 780 g/mol. The van der Waals surface area contributed by atoms with Crippen molar-refractivity contribution >= 4 is 62.7 Å². The maximum Gasteiger partial charge on any atom is 0.263 e. The lowest BCUT2D eigenvalue weighted by molar-refractivity contribution is -0.136. The number of anilines is 2. The van der Waals surface area contributed by atoms with Crippen LogP contribution in [-0.4, -0.2) is 83.3 Å². The van der Waals surface area contributed by atoms with Gasteiger partial charge in [-0.1, -0.05) is 42.0 Å². The van der Waals surface area contributed by atoms with Crippen LogP contribution in [0, 0.1) is 12.8 Å².